The van der Waals surface area contributed by atoms with Gasteiger partial charge in [0, 0.05) is 18.7 Å². The maximum absolute atomic E-state index is 12.9. The van der Waals surface area contributed by atoms with E-state index in [0.29, 0.717) is 34.9 Å². The molecule has 3 rings (SSSR count). The lowest BCUT2D eigenvalue weighted by Crippen LogP contribution is -2.62. The largest absolute Gasteiger partial charge is 0.493 e. The third-order valence-electron chi connectivity index (χ3n) is 5.73. The van der Waals surface area contributed by atoms with E-state index in [4.69, 9.17) is 24.7 Å². The second kappa shape index (κ2) is 10.8. The molecule has 0 spiro atoms. The van der Waals surface area contributed by atoms with Crippen LogP contribution in [-0.2, 0) is 16.1 Å². The molecule has 1 aliphatic heterocycles. The number of hydrogen-bond acceptors (Lipinski definition) is 7. The number of methoxy groups -OCH3 is 3. The Morgan fingerprint density at radius 2 is 1.58 bits per heavy atom. The summed E-state index contributed by atoms with van der Waals surface area (Å²) in [6.45, 7) is 6.64. The van der Waals surface area contributed by atoms with Crippen LogP contribution in [0.25, 0.3) is 0 Å². The molecule has 194 valence electrons. The molecular weight excluding hydrogens is 466 g/mol. The van der Waals surface area contributed by atoms with Gasteiger partial charge in [-0.05, 0) is 40.8 Å². The summed E-state index contributed by atoms with van der Waals surface area (Å²) in [6.07, 6.45) is -1.73. The van der Waals surface area contributed by atoms with Crippen molar-refractivity contribution in [1.82, 2.24) is 10.2 Å². The highest BCUT2D eigenvalue weighted by atomic mass is 16.6. The van der Waals surface area contributed by atoms with Gasteiger partial charge in [-0.1, -0.05) is 32.9 Å². The lowest BCUT2D eigenvalue weighted by molar-refractivity contribution is -0.170. The number of carbonyl (C=O) groups excluding carboxylic acids is 3. The number of nitrogens with one attached hydrogen (secondary N) is 1. The third-order valence-corrected chi connectivity index (χ3v) is 5.73. The number of nitrogens with zero attached hydrogens (tertiary/aromatic N) is 1. The maximum atomic E-state index is 12.9. The first-order valence-corrected chi connectivity index (χ1v) is 11.4. The Balaban J connectivity index is 1.74. The SMILES string of the molecule is COc1cc(CNC(=O)O[C@@H]2C(=O)N(CC(C)(C)C)[C@@H]2c2ccc(C(N)=O)cc2)cc(OC)c1OC. The minimum atomic E-state index is -0.994. The van der Waals surface area contributed by atoms with Gasteiger partial charge in [-0.25, -0.2) is 4.79 Å². The first-order chi connectivity index (χ1) is 17.0. The van der Waals surface area contributed by atoms with Crippen molar-refractivity contribution in [3.63, 3.8) is 0 Å². The van der Waals surface area contributed by atoms with Crippen LogP contribution in [0.15, 0.2) is 36.4 Å². The third kappa shape index (κ3) is 5.81. The van der Waals surface area contributed by atoms with Crippen molar-refractivity contribution in [2.75, 3.05) is 27.9 Å². The minimum absolute atomic E-state index is 0.111. The van der Waals surface area contributed by atoms with Crippen LogP contribution in [-0.4, -0.2) is 56.8 Å². The second-order valence-electron chi connectivity index (χ2n) is 9.67. The normalized spacial score (nSPS) is 17.2. The van der Waals surface area contributed by atoms with Gasteiger partial charge in [0.25, 0.3) is 5.91 Å². The molecule has 10 heteroatoms. The average Bonchev–Trinajstić information content (AvgIpc) is 2.85. The van der Waals surface area contributed by atoms with Crippen molar-refractivity contribution in [1.29, 1.82) is 0 Å². The number of hydrogen-bond donors (Lipinski definition) is 2. The fourth-order valence-electron chi connectivity index (χ4n) is 4.09. The quantitative estimate of drug-likeness (QED) is 0.507. The zero-order valence-electron chi connectivity index (χ0n) is 21.4. The van der Waals surface area contributed by atoms with E-state index in [0.717, 1.165) is 5.56 Å². The minimum Gasteiger partial charge on any atom is -0.493 e. The number of amides is 3. The van der Waals surface area contributed by atoms with E-state index in [2.05, 4.69) is 5.32 Å². The topological polar surface area (TPSA) is 129 Å². The molecule has 0 aromatic heterocycles. The molecule has 0 saturated carbocycles. The highest BCUT2D eigenvalue weighted by molar-refractivity contribution is 5.93. The number of carbonyl (C=O) groups is 3. The Hall–Kier alpha value is -3.95. The molecule has 2 aromatic carbocycles. The maximum Gasteiger partial charge on any atom is 0.408 e. The number of primary amides is 1. The molecule has 1 aliphatic rings. The van der Waals surface area contributed by atoms with E-state index in [9.17, 15) is 14.4 Å². The molecule has 3 N–H and O–H groups in total. The number of benzene rings is 2. The second-order valence-corrected chi connectivity index (χ2v) is 9.67. The van der Waals surface area contributed by atoms with E-state index >= 15 is 0 Å². The molecule has 0 radical (unpaired) electrons. The van der Waals surface area contributed by atoms with Gasteiger partial charge < -0.3 is 34.9 Å². The van der Waals surface area contributed by atoms with E-state index in [1.165, 1.54) is 21.3 Å². The van der Waals surface area contributed by atoms with Crippen molar-refractivity contribution in [2.45, 2.75) is 39.5 Å². The summed E-state index contributed by atoms with van der Waals surface area (Å²) >= 11 is 0. The molecular formula is C26H33N3O7. The predicted molar refractivity (Wildman–Crippen MR) is 132 cm³/mol. The van der Waals surface area contributed by atoms with Crippen LogP contribution in [0.4, 0.5) is 4.79 Å². The summed E-state index contributed by atoms with van der Waals surface area (Å²) in [5.74, 6) is 0.520. The molecule has 1 heterocycles. The summed E-state index contributed by atoms with van der Waals surface area (Å²) in [5, 5.41) is 2.67. The average molecular weight is 500 g/mol. The summed E-state index contributed by atoms with van der Waals surface area (Å²) in [4.78, 5) is 38.7. The van der Waals surface area contributed by atoms with E-state index in [1.54, 1.807) is 41.3 Å². The van der Waals surface area contributed by atoms with Crippen molar-refractivity contribution in [3.05, 3.63) is 53.1 Å². The standard InChI is InChI=1S/C26H33N3O7/c1-26(2,3)14-29-20(16-7-9-17(10-8-16)23(27)30)22(24(29)31)36-25(32)28-13-15-11-18(33-4)21(35-6)19(12-15)34-5/h7-12,20,22H,13-14H2,1-6H3,(H2,27,30)(H,28,32)/t20-,22+/m1/s1. The Bertz CT molecular complexity index is 1100. The van der Waals surface area contributed by atoms with Crippen molar-refractivity contribution < 1.29 is 33.3 Å². The number of β-lactam (4-membered cyclic amide) rings is 1. The molecule has 2 atom stereocenters. The molecule has 10 nitrogen and oxygen atoms in total. The van der Waals surface area contributed by atoms with E-state index in [1.807, 2.05) is 20.8 Å². The van der Waals surface area contributed by atoms with Crippen molar-refractivity contribution in [2.24, 2.45) is 11.1 Å². The van der Waals surface area contributed by atoms with Gasteiger partial charge >= 0.3 is 6.09 Å². The Kier molecular flexibility index (Phi) is 7.96. The number of nitrogens with two attached hydrogens (primary N) is 1. The fourth-order valence-corrected chi connectivity index (χ4v) is 4.09. The zero-order valence-corrected chi connectivity index (χ0v) is 21.4. The first-order valence-electron chi connectivity index (χ1n) is 11.4. The zero-order chi connectivity index (χ0) is 26.6. The van der Waals surface area contributed by atoms with Gasteiger partial charge in [-0.2, -0.15) is 0 Å². The highest BCUT2D eigenvalue weighted by Crippen LogP contribution is 2.40. The van der Waals surface area contributed by atoms with Crippen molar-refractivity contribution >= 4 is 17.9 Å². The summed E-state index contributed by atoms with van der Waals surface area (Å²) in [7, 11) is 4.51. The lowest BCUT2D eigenvalue weighted by atomic mass is 9.86. The predicted octanol–water partition coefficient (Wildman–Crippen LogP) is 3.04. The lowest BCUT2D eigenvalue weighted by Gasteiger charge is -2.48. The monoisotopic (exact) mass is 499 g/mol. The van der Waals surface area contributed by atoms with Crippen LogP contribution in [0.3, 0.4) is 0 Å². The van der Waals surface area contributed by atoms with Gasteiger partial charge in [0.15, 0.2) is 11.5 Å². The van der Waals surface area contributed by atoms with E-state index < -0.39 is 24.1 Å². The van der Waals surface area contributed by atoms with Gasteiger partial charge in [0.2, 0.25) is 17.8 Å². The van der Waals surface area contributed by atoms with Gasteiger partial charge in [-0.3, -0.25) is 9.59 Å². The molecule has 0 aliphatic carbocycles. The summed E-state index contributed by atoms with van der Waals surface area (Å²) < 4.78 is 21.5. The van der Waals surface area contributed by atoms with Crippen LogP contribution in [0, 0.1) is 5.41 Å². The molecule has 1 saturated heterocycles. The fraction of sp³-hybridized carbons (Fsp3) is 0.423. The van der Waals surface area contributed by atoms with Crippen LogP contribution < -0.4 is 25.3 Å². The molecule has 3 amide bonds. The van der Waals surface area contributed by atoms with Crippen LogP contribution in [0.5, 0.6) is 17.2 Å². The number of ether oxygens (including phenoxy) is 4. The Labute approximate surface area is 210 Å². The number of likely N-dealkylation sites (tertiary alicyclic amines) is 1. The Morgan fingerprint density at radius 1 is 1.00 bits per heavy atom. The number of alkyl carbamates (subject to hydrolysis) is 1. The molecule has 36 heavy (non-hydrogen) atoms. The van der Waals surface area contributed by atoms with Gasteiger partial charge in [-0.15, -0.1) is 0 Å². The molecule has 1 fully saturated rings. The van der Waals surface area contributed by atoms with Crippen LogP contribution >= 0.6 is 0 Å². The first kappa shape index (κ1) is 26.7. The molecule has 0 unspecified atom stereocenters. The van der Waals surface area contributed by atoms with E-state index in [-0.39, 0.29) is 17.9 Å². The van der Waals surface area contributed by atoms with Crippen molar-refractivity contribution in [3.8, 4) is 17.2 Å². The smallest absolute Gasteiger partial charge is 0.408 e. The molecule has 2 aromatic rings. The van der Waals surface area contributed by atoms with Crippen LogP contribution in [0.2, 0.25) is 0 Å². The summed E-state index contributed by atoms with van der Waals surface area (Å²) in [5.41, 5.74) is 6.96. The Morgan fingerprint density at radius 3 is 2.06 bits per heavy atom. The van der Waals surface area contributed by atoms with Gasteiger partial charge in [0.05, 0.1) is 21.3 Å². The number of rotatable bonds is 9. The van der Waals surface area contributed by atoms with Gasteiger partial charge in [0.1, 0.15) is 6.04 Å². The molecule has 0 bridgehead atoms. The summed E-state index contributed by atoms with van der Waals surface area (Å²) in [6, 6.07) is 9.57. The highest BCUT2D eigenvalue weighted by Gasteiger charge is 2.51. The van der Waals surface area contributed by atoms with Crippen LogP contribution in [0.1, 0.15) is 48.3 Å².